The fourth-order valence-electron chi connectivity index (χ4n) is 2.97. The monoisotopic (exact) mass is 241 g/mol. The third kappa shape index (κ3) is 1.85. The van der Waals surface area contributed by atoms with E-state index in [-0.39, 0.29) is 0 Å². The molecule has 1 saturated carbocycles. The summed E-state index contributed by atoms with van der Waals surface area (Å²) in [4.78, 5) is 0. The lowest BCUT2D eigenvalue weighted by molar-refractivity contribution is 0.198. The van der Waals surface area contributed by atoms with Crippen LogP contribution in [-0.4, -0.2) is 15.8 Å². The third-order valence-corrected chi connectivity index (χ3v) is 4.12. The smallest absolute Gasteiger partial charge is 0.0645 e. The molecule has 1 heterocycles. The topological polar surface area (TPSA) is 43.8 Å². The lowest BCUT2D eigenvalue weighted by Gasteiger charge is -2.42. The molecule has 0 spiro atoms. The summed E-state index contributed by atoms with van der Waals surface area (Å²) in [6.45, 7) is 2.22. The minimum atomic E-state index is 0.375. The van der Waals surface area contributed by atoms with Crippen LogP contribution in [0.1, 0.15) is 31.2 Å². The fourth-order valence-corrected chi connectivity index (χ4v) is 2.97. The summed E-state index contributed by atoms with van der Waals surface area (Å²) in [6, 6.07) is 10.6. The van der Waals surface area contributed by atoms with Crippen LogP contribution in [0.3, 0.4) is 0 Å². The van der Waals surface area contributed by atoms with Gasteiger partial charge in [0.2, 0.25) is 0 Å². The van der Waals surface area contributed by atoms with Gasteiger partial charge in [-0.15, -0.1) is 0 Å². The third-order valence-electron chi connectivity index (χ3n) is 4.12. The first-order valence-corrected chi connectivity index (χ1v) is 6.65. The Morgan fingerprint density at radius 2 is 2.11 bits per heavy atom. The van der Waals surface area contributed by atoms with Gasteiger partial charge in [0, 0.05) is 12.2 Å². The predicted octanol–water partition coefficient (Wildman–Crippen LogP) is 2.71. The van der Waals surface area contributed by atoms with E-state index in [9.17, 15) is 0 Å². The van der Waals surface area contributed by atoms with Crippen molar-refractivity contribution in [2.45, 2.75) is 31.7 Å². The molecule has 94 valence electrons. The number of nitrogens with two attached hydrogens (primary N) is 1. The molecule has 3 nitrogen and oxygen atoms in total. The summed E-state index contributed by atoms with van der Waals surface area (Å²) in [5.74, 6) is 1.22. The highest BCUT2D eigenvalue weighted by atomic mass is 15.3. The van der Waals surface area contributed by atoms with E-state index in [1.54, 1.807) is 0 Å². The van der Waals surface area contributed by atoms with Crippen molar-refractivity contribution in [3.63, 3.8) is 0 Å². The van der Waals surface area contributed by atoms with Gasteiger partial charge in [-0.2, -0.15) is 5.10 Å². The average molecular weight is 241 g/mol. The van der Waals surface area contributed by atoms with E-state index in [1.165, 1.54) is 5.56 Å². The minimum absolute atomic E-state index is 0.375. The molecule has 3 rings (SSSR count). The summed E-state index contributed by atoms with van der Waals surface area (Å²) < 4.78 is 1.95. The number of rotatable bonds is 3. The highest BCUT2D eigenvalue weighted by Gasteiger charge is 2.38. The largest absolute Gasteiger partial charge is 0.327 e. The minimum Gasteiger partial charge on any atom is -0.327 e. The Kier molecular flexibility index (Phi) is 2.92. The molecule has 2 N–H and O–H groups in total. The fraction of sp³-hybridized carbons (Fsp3) is 0.400. The van der Waals surface area contributed by atoms with Gasteiger partial charge in [-0.1, -0.05) is 31.5 Å². The Balaban J connectivity index is 1.83. The maximum absolute atomic E-state index is 6.05. The molecule has 1 fully saturated rings. The average Bonchev–Trinajstić information content (AvgIpc) is 2.86. The van der Waals surface area contributed by atoms with Gasteiger partial charge >= 0.3 is 0 Å². The number of hydrogen-bond acceptors (Lipinski definition) is 2. The highest BCUT2D eigenvalue weighted by Crippen LogP contribution is 2.43. The van der Waals surface area contributed by atoms with Crippen LogP contribution in [0.2, 0.25) is 0 Å². The normalized spacial score (nSPS) is 26.9. The van der Waals surface area contributed by atoms with E-state index in [1.807, 2.05) is 29.1 Å². The molecule has 1 aromatic carbocycles. The lowest BCUT2D eigenvalue weighted by atomic mass is 9.66. The predicted molar refractivity (Wildman–Crippen MR) is 72.7 cm³/mol. The van der Waals surface area contributed by atoms with Crippen molar-refractivity contribution >= 4 is 0 Å². The van der Waals surface area contributed by atoms with Crippen LogP contribution in [0.25, 0.3) is 5.69 Å². The summed E-state index contributed by atoms with van der Waals surface area (Å²) in [5, 5.41) is 4.46. The maximum atomic E-state index is 6.05. The van der Waals surface area contributed by atoms with E-state index in [0.717, 1.165) is 18.5 Å². The van der Waals surface area contributed by atoms with Crippen molar-refractivity contribution in [3.8, 4) is 5.69 Å². The number of nitrogens with zero attached hydrogens (tertiary/aromatic N) is 2. The van der Waals surface area contributed by atoms with Crippen LogP contribution in [0.15, 0.2) is 42.7 Å². The van der Waals surface area contributed by atoms with E-state index in [2.05, 4.69) is 30.4 Å². The van der Waals surface area contributed by atoms with Crippen LogP contribution in [0.5, 0.6) is 0 Å². The van der Waals surface area contributed by atoms with Crippen molar-refractivity contribution in [3.05, 3.63) is 48.3 Å². The van der Waals surface area contributed by atoms with Crippen LogP contribution in [0.4, 0.5) is 0 Å². The van der Waals surface area contributed by atoms with Crippen molar-refractivity contribution in [1.82, 2.24) is 9.78 Å². The first-order chi connectivity index (χ1) is 8.79. The molecule has 18 heavy (non-hydrogen) atoms. The quantitative estimate of drug-likeness (QED) is 0.898. The number of para-hydroxylation sites is 1. The maximum Gasteiger partial charge on any atom is 0.0645 e. The van der Waals surface area contributed by atoms with Crippen molar-refractivity contribution in [1.29, 1.82) is 0 Å². The molecule has 0 saturated heterocycles. The van der Waals surface area contributed by atoms with Gasteiger partial charge in [-0.25, -0.2) is 4.68 Å². The molecule has 3 atom stereocenters. The van der Waals surface area contributed by atoms with Crippen molar-refractivity contribution in [2.75, 3.05) is 0 Å². The molecule has 0 radical (unpaired) electrons. The van der Waals surface area contributed by atoms with Gasteiger partial charge in [0.1, 0.15) is 0 Å². The van der Waals surface area contributed by atoms with Crippen LogP contribution in [-0.2, 0) is 0 Å². The van der Waals surface area contributed by atoms with Gasteiger partial charge in [0.25, 0.3) is 0 Å². The molecule has 0 amide bonds. The van der Waals surface area contributed by atoms with Gasteiger partial charge in [0.15, 0.2) is 0 Å². The number of hydrogen-bond donors (Lipinski definition) is 1. The first kappa shape index (κ1) is 11.5. The van der Waals surface area contributed by atoms with Crippen molar-refractivity contribution in [2.24, 2.45) is 11.7 Å². The lowest BCUT2D eigenvalue weighted by Crippen LogP contribution is -2.45. The Hall–Kier alpha value is -1.61. The number of benzene rings is 1. The molecule has 0 aliphatic heterocycles. The van der Waals surface area contributed by atoms with Gasteiger partial charge in [-0.05, 0) is 36.0 Å². The summed E-state index contributed by atoms with van der Waals surface area (Å²) in [5.41, 5.74) is 8.49. The van der Waals surface area contributed by atoms with Crippen LogP contribution < -0.4 is 5.73 Å². The van der Waals surface area contributed by atoms with E-state index in [4.69, 9.17) is 5.73 Å². The zero-order valence-electron chi connectivity index (χ0n) is 10.7. The Bertz CT molecular complexity index is 518. The van der Waals surface area contributed by atoms with Gasteiger partial charge < -0.3 is 5.73 Å². The van der Waals surface area contributed by atoms with Gasteiger partial charge in [0.05, 0.1) is 11.9 Å². The zero-order valence-corrected chi connectivity index (χ0v) is 10.7. The van der Waals surface area contributed by atoms with E-state index < -0.39 is 0 Å². The van der Waals surface area contributed by atoms with Crippen LogP contribution in [0, 0.1) is 5.92 Å². The van der Waals surface area contributed by atoms with Gasteiger partial charge in [-0.3, -0.25) is 0 Å². The zero-order chi connectivity index (χ0) is 12.5. The molecular weight excluding hydrogens is 222 g/mol. The molecule has 3 unspecified atom stereocenters. The Morgan fingerprint density at radius 3 is 2.78 bits per heavy atom. The summed E-state index contributed by atoms with van der Waals surface area (Å²) in [6.07, 6.45) is 6.39. The Labute approximate surface area is 108 Å². The first-order valence-electron chi connectivity index (χ1n) is 6.65. The van der Waals surface area contributed by atoms with Crippen molar-refractivity contribution < 1.29 is 0 Å². The second kappa shape index (κ2) is 4.58. The molecule has 3 heteroatoms. The second-order valence-electron chi connectivity index (χ2n) is 5.13. The molecule has 1 aromatic heterocycles. The summed E-state index contributed by atoms with van der Waals surface area (Å²) >= 11 is 0. The van der Waals surface area contributed by atoms with E-state index in [0.29, 0.717) is 17.9 Å². The molecule has 0 bridgehead atoms. The summed E-state index contributed by atoms with van der Waals surface area (Å²) in [7, 11) is 0. The SMILES string of the molecule is CCC1C(N)CC1c1cnn(-c2ccccc2)c1. The second-order valence-corrected chi connectivity index (χ2v) is 5.13. The molecule has 1 aliphatic carbocycles. The standard InChI is InChI=1S/C15H19N3/c1-2-13-14(8-15(13)16)11-9-17-18(10-11)12-6-4-3-5-7-12/h3-7,9-10,13-15H,2,8,16H2,1H3. The number of aromatic nitrogens is 2. The molecule has 1 aliphatic rings. The molecule has 2 aromatic rings. The molecular formula is C15H19N3. The van der Waals surface area contributed by atoms with E-state index >= 15 is 0 Å². The Morgan fingerprint density at radius 1 is 1.33 bits per heavy atom. The van der Waals surface area contributed by atoms with Crippen LogP contribution >= 0.6 is 0 Å². The highest BCUT2D eigenvalue weighted by molar-refractivity contribution is 5.32.